The van der Waals surface area contributed by atoms with Gasteiger partial charge in [0.2, 0.25) is 0 Å². The van der Waals surface area contributed by atoms with Crippen LogP contribution in [0.2, 0.25) is 0 Å². The van der Waals surface area contributed by atoms with Crippen LogP contribution in [0.3, 0.4) is 0 Å². The van der Waals surface area contributed by atoms with Crippen molar-refractivity contribution in [3.63, 3.8) is 0 Å². The summed E-state index contributed by atoms with van der Waals surface area (Å²) in [5.41, 5.74) is 0.326. The molecule has 2 heterocycles. The van der Waals surface area contributed by atoms with Gasteiger partial charge in [0.05, 0.1) is 11.6 Å². The van der Waals surface area contributed by atoms with Crippen molar-refractivity contribution in [2.75, 3.05) is 6.61 Å². The lowest BCUT2D eigenvalue weighted by molar-refractivity contribution is -0.124. The van der Waals surface area contributed by atoms with Crippen LogP contribution >= 0.6 is 11.3 Å². The quantitative estimate of drug-likeness (QED) is 0.857. The largest absolute Gasteiger partial charge is 0.452 e. The predicted octanol–water partition coefficient (Wildman–Crippen LogP) is 2.18. The van der Waals surface area contributed by atoms with E-state index in [0.29, 0.717) is 5.56 Å². The Morgan fingerprint density at radius 1 is 1.40 bits per heavy atom. The summed E-state index contributed by atoms with van der Waals surface area (Å²) in [4.78, 5) is 28.2. The summed E-state index contributed by atoms with van der Waals surface area (Å²) < 4.78 is 4.92. The highest BCUT2D eigenvalue weighted by molar-refractivity contribution is 7.10. The minimum absolute atomic E-state index is 0.0976. The van der Waals surface area contributed by atoms with E-state index in [0.717, 1.165) is 4.88 Å². The van der Waals surface area contributed by atoms with Crippen molar-refractivity contribution in [2.45, 2.75) is 13.0 Å². The predicted molar refractivity (Wildman–Crippen MR) is 75.4 cm³/mol. The van der Waals surface area contributed by atoms with E-state index < -0.39 is 5.97 Å². The average Bonchev–Trinajstić information content (AvgIpc) is 3.00. The summed E-state index contributed by atoms with van der Waals surface area (Å²) in [7, 11) is 0. The summed E-state index contributed by atoms with van der Waals surface area (Å²) in [6, 6.07) is 6.99. The number of aromatic nitrogens is 1. The number of hydrogen-bond acceptors (Lipinski definition) is 5. The maximum Gasteiger partial charge on any atom is 0.340 e. The zero-order valence-electron chi connectivity index (χ0n) is 10.9. The second-order valence-corrected chi connectivity index (χ2v) is 5.10. The summed E-state index contributed by atoms with van der Waals surface area (Å²) in [5, 5.41) is 4.71. The Balaban J connectivity index is 1.79. The van der Waals surface area contributed by atoms with E-state index in [1.54, 1.807) is 29.7 Å². The Labute approximate surface area is 120 Å². The molecule has 1 N–H and O–H groups in total. The number of thiophene rings is 1. The number of esters is 1. The number of nitrogens with zero attached hydrogens (tertiary/aromatic N) is 1. The third kappa shape index (κ3) is 3.89. The summed E-state index contributed by atoms with van der Waals surface area (Å²) in [6.45, 7) is 1.58. The SMILES string of the molecule is C[C@@H](NC(=O)COC(=O)c1cccnc1)c1cccs1. The van der Waals surface area contributed by atoms with Crippen molar-refractivity contribution >= 4 is 23.2 Å². The van der Waals surface area contributed by atoms with Gasteiger partial charge in [-0.05, 0) is 30.5 Å². The van der Waals surface area contributed by atoms with E-state index in [4.69, 9.17) is 4.74 Å². The first-order chi connectivity index (χ1) is 9.66. The number of rotatable bonds is 5. The van der Waals surface area contributed by atoms with Gasteiger partial charge in [-0.15, -0.1) is 11.3 Å². The number of carbonyl (C=O) groups is 2. The fraction of sp³-hybridized carbons (Fsp3) is 0.214. The Morgan fingerprint density at radius 3 is 2.90 bits per heavy atom. The average molecular weight is 290 g/mol. The van der Waals surface area contributed by atoms with Crippen LogP contribution in [-0.4, -0.2) is 23.5 Å². The highest BCUT2D eigenvalue weighted by Crippen LogP contribution is 2.17. The normalized spacial score (nSPS) is 11.7. The van der Waals surface area contributed by atoms with Crippen LogP contribution in [0.5, 0.6) is 0 Å². The fourth-order valence-electron chi connectivity index (χ4n) is 1.59. The molecule has 0 bridgehead atoms. The van der Waals surface area contributed by atoms with E-state index in [1.165, 1.54) is 6.20 Å². The van der Waals surface area contributed by atoms with Crippen LogP contribution in [0, 0.1) is 0 Å². The van der Waals surface area contributed by atoms with Crippen molar-refractivity contribution in [1.29, 1.82) is 0 Å². The summed E-state index contributed by atoms with van der Waals surface area (Å²) in [5.74, 6) is -0.889. The van der Waals surface area contributed by atoms with Gasteiger partial charge in [-0.3, -0.25) is 9.78 Å². The molecule has 0 unspecified atom stereocenters. The minimum atomic E-state index is -0.558. The Morgan fingerprint density at radius 2 is 2.25 bits per heavy atom. The number of nitrogens with one attached hydrogen (secondary N) is 1. The molecule has 20 heavy (non-hydrogen) atoms. The fourth-order valence-corrected chi connectivity index (χ4v) is 2.32. The molecule has 0 fully saturated rings. The summed E-state index contributed by atoms with van der Waals surface area (Å²) >= 11 is 1.56. The van der Waals surface area contributed by atoms with E-state index >= 15 is 0 Å². The van der Waals surface area contributed by atoms with Gasteiger partial charge in [-0.25, -0.2) is 4.79 Å². The van der Waals surface area contributed by atoms with Crippen LogP contribution in [-0.2, 0) is 9.53 Å². The molecule has 2 aromatic rings. The lowest BCUT2D eigenvalue weighted by atomic mass is 10.3. The van der Waals surface area contributed by atoms with Gasteiger partial charge in [0.15, 0.2) is 6.61 Å². The molecule has 2 rings (SSSR count). The third-order valence-corrected chi connectivity index (χ3v) is 3.63. The number of carbonyl (C=O) groups excluding carboxylic acids is 2. The first-order valence-electron chi connectivity index (χ1n) is 6.06. The van der Waals surface area contributed by atoms with Gasteiger partial charge in [-0.2, -0.15) is 0 Å². The van der Waals surface area contributed by atoms with Gasteiger partial charge in [0.25, 0.3) is 5.91 Å². The maximum absolute atomic E-state index is 11.7. The van der Waals surface area contributed by atoms with Crippen LogP contribution in [0.25, 0.3) is 0 Å². The van der Waals surface area contributed by atoms with Gasteiger partial charge < -0.3 is 10.1 Å². The topological polar surface area (TPSA) is 68.3 Å². The van der Waals surface area contributed by atoms with E-state index in [-0.39, 0.29) is 18.6 Å². The Hall–Kier alpha value is -2.21. The molecule has 0 radical (unpaired) electrons. The van der Waals surface area contributed by atoms with Crippen LogP contribution in [0.4, 0.5) is 0 Å². The molecular weight excluding hydrogens is 276 g/mol. The van der Waals surface area contributed by atoms with Gasteiger partial charge in [-0.1, -0.05) is 6.07 Å². The highest BCUT2D eigenvalue weighted by Gasteiger charge is 2.13. The molecule has 0 aliphatic carbocycles. The standard InChI is InChI=1S/C14H14N2O3S/c1-10(12-5-3-7-20-12)16-13(17)9-19-14(18)11-4-2-6-15-8-11/h2-8,10H,9H2,1H3,(H,16,17)/t10-/m1/s1. The zero-order valence-corrected chi connectivity index (χ0v) is 11.7. The molecule has 0 aliphatic rings. The van der Waals surface area contributed by atoms with E-state index in [2.05, 4.69) is 10.3 Å². The van der Waals surface area contributed by atoms with Gasteiger partial charge in [0.1, 0.15) is 0 Å². The maximum atomic E-state index is 11.7. The van der Waals surface area contributed by atoms with Gasteiger partial charge in [0, 0.05) is 17.3 Å². The molecule has 0 aromatic carbocycles. The molecular formula is C14H14N2O3S. The minimum Gasteiger partial charge on any atom is -0.452 e. The molecule has 0 spiro atoms. The molecule has 6 heteroatoms. The number of ether oxygens (including phenoxy) is 1. The molecule has 5 nitrogen and oxygen atoms in total. The van der Waals surface area contributed by atoms with Gasteiger partial charge >= 0.3 is 5.97 Å². The monoisotopic (exact) mass is 290 g/mol. The first-order valence-corrected chi connectivity index (χ1v) is 6.94. The van der Waals surface area contributed by atoms with Crippen molar-refractivity contribution in [2.24, 2.45) is 0 Å². The Bertz CT molecular complexity index is 569. The molecule has 1 atom stereocenters. The molecule has 0 aliphatic heterocycles. The first kappa shape index (κ1) is 14.2. The van der Waals surface area contributed by atoms with E-state index in [1.807, 2.05) is 24.4 Å². The highest BCUT2D eigenvalue weighted by atomic mass is 32.1. The molecule has 2 aromatic heterocycles. The second-order valence-electron chi connectivity index (χ2n) is 4.12. The third-order valence-electron chi connectivity index (χ3n) is 2.58. The van der Waals surface area contributed by atoms with Crippen molar-refractivity contribution in [1.82, 2.24) is 10.3 Å². The number of pyridine rings is 1. The lowest BCUT2D eigenvalue weighted by Crippen LogP contribution is -2.30. The van der Waals surface area contributed by atoms with E-state index in [9.17, 15) is 9.59 Å². The van der Waals surface area contributed by atoms with Crippen LogP contribution < -0.4 is 5.32 Å². The summed E-state index contributed by atoms with van der Waals surface area (Å²) in [6.07, 6.45) is 2.96. The second kappa shape index (κ2) is 6.81. The van der Waals surface area contributed by atoms with Crippen molar-refractivity contribution in [3.05, 3.63) is 52.5 Å². The lowest BCUT2D eigenvalue weighted by Gasteiger charge is -2.12. The van der Waals surface area contributed by atoms with Crippen molar-refractivity contribution in [3.8, 4) is 0 Å². The molecule has 0 saturated carbocycles. The van der Waals surface area contributed by atoms with Crippen LogP contribution in [0.15, 0.2) is 42.0 Å². The van der Waals surface area contributed by atoms with Crippen molar-refractivity contribution < 1.29 is 14.3 Å². The molecule has 1 amide bonds. The van der Waals surface area contributed by atoms with Crippen LogP contribution in [0.1, 0.15) is 28.2 Å². The molecule has 0 saturated heterocycles. The Kier molecular flexibility index (Phi) is 4.84. The number of amides is 1. The zero-order chi connectivity index (χ0) is 14.4. The number of hydrogen-bond donors (Lipinski definition) is 1. The smallest absolute Gasteiger partial charge is 0.340 e. The molecule has 104 valence electrons.